The summed E-state index contributed by atoms with van der Waals surface area (Å²) in [6.07, 6.45) is 3.90. The van der Waals surface area contributed by atoms with Crippen molar-refractivity contribution >= 4 is 33.8 Å². The summed E-state index contributed by atoms with van der Waals surface area (Å²) in [6, 6.07) is 22.5. The first-order valence-corrected chi connectivity index (χ1v) is 11.5. The van der Waals surface area contributed by atoms with Gasteiger partial charge in [0.15, 0.2) is 11.5 Å². The fourth-order valence-electron chi connectivity index (χ4n) is 3.41. The maximum Gasteiger partial charge on any atom is 0.161 e. The van der Waals surface area contributed by atoms with E-state index >= 15 is 0 Å². The molecule has 32 heavy (non-hydrogen) atoms. The molecule has 0 saturated heterocycles. The number of thiazole rings is 1. The highest BCUT2D eigenvalue weighted by Crippen LogP contribution is 2.32. The van der Waals surface area contributed by atoms with E-state index in [0.717, 1.165) is 29.7 Å². The Kier molecular flexibility index (Phi) is 6.84. The van der Waals surface area contributed by atoms with Gasteiger partial charge in [-0.2, -0.15) is 5.26 Å². The molecule has 3 aromatic carbocycles. The lowest BCUT2D eigenvalue weighted by molar-refractivity contribution is 0.288. The van der Waals surface area contributed by atoms with Crippen LogP contribution in [0.2, 0.25) is 0 Å². The Morgan fingerprint density at radius 3 is 2.69 bits per heavy atom. The van der Waals surface area contributed by atoms with E-state index in [-0.39, 0.29) is 0 Å². The Balaban J connectivity index is 1.60. The molecule has 4 aromatic rings. The van der Waals surface area contributed by atoms with E-state index in [2.05, 4.69) is 43.3 Å². The third kappa shape index (κ3) is 4.82. The number of nitriles is 1. The number of aromatic nitrogens is 1. The van der Waals surface area contributed by atoms with E-state index < -0.39 is 0 Å². The van der Waals surface area contributed by atoms with E-state index in [1.807, 2.05) is 41.8 Å². The monoisotopic (exact) mass is 440 g/mol. The van der Waals surface area contributed by atoms with Crippen LogP contribution in [0.4, 0.5) is 0 Å². The minimum atomic E-state index is 0.517. The summed E-state index contributed by atoms with van der Waals surface area (Å²) in [6.45, 7) is 2.78. The molecule has 5 heteroatoms. The van der Waals surface area contributed by atoms with Crippen molar-refractivity contribution in [1.82, 2.24) is 4.98 Å². The molecule has 0 radical (unpaired) electrons. The maximum atomic E-state index is 9.78. The highest BCUT2D eigenvalue weighted by atomic mass is 32.1. The summed E-state index contributed by atoms with van der Waals surface area (Å²) in [5.41, 5.74) is 3.29. The zero-order valence-electron chi connectivity index (χ0n) is 18.2. The molecule has 4 rings (SSSR count). The zero-order chi connectivity index (χ0) is 22.3. The third-order valence-electron chi connectivity index (χ3n) is 5.15. The van der Waals surface area contributed by atoms with Crippen molar-refractivity contribution in [3.8, 4) is 28.8 Å². The van der Waals surface area contributed by atoms with Gasteiger partial charge in [0.2, 0.25) is 0 Å². The maximum absolute atomic E-state index is 9.78. The topological polar surface area (TPSA) is 55.1 Å². The molecular weight excluding hydrogens is 416 g/mol. The van der Waals surface area contributed by atoms with Crippen LogP contribution in [-0.4, -0.2) is 18.7 Å². The Morgan fingerprint density at radius 1 is 1.06 bits per heavy atom. The number of unbranched alkanes of at least 4 members (excludes halogenated alkanes) is 1. The molecule has 160 valence electrons. The predicted octanol–water partition coefficient (Wildman–Crippen LogP) is 7.21. The Hall–Kier alpha value is -3.62. The molecule has 1 aromatic heterocycles. The van der Waals surface area contributed by atoms with Gasteiger partial charge in [-0.1, -0.05) is 55.8 Å². The Bertz CT molecular complexity index is 1300. The third-order valence-corrected chi connectivity index (χ3v) is 6.03. The highest BCUT2D eigenvalue weighted by Gasteiger charge is 2.11. The first-order chi connectivity index (χ1) is 15.7. The number of fused-ring (bicyclic) bond motifs is 1. The zero-order valence-corrected chi connectivity index (χ0v) is 19.0. The Labute approximate surface area is 192 Å². The smallest absolute Gasteiger partial charge is 0.161 e. The van der Waals surface area contributed by atoms with Crippen LogP contribution in [0.15, 0.2) is 66.0 Å². The standard InChI is InChI=1S/C27H24N2O2S/c1-3-4-13-31-25-12-9-19(15-26(25)30-2)14-23(17-28)27-29-24(18-32-27)22-11-10-20-7-5-6-8-21(20)16-22/h5-12,14-16,18H,3-4,13H2,1-2H3/b23-14+. The number of rotatable bonds is 8. The molecule has 0 unspecified atom stereocenters. The summed E-state index contributed by atoms with van der Waals surface area (Å²) >= 11 is 1.47. The first-order valence-electron chi connectivity index (χ1n) is 10.6. The van der Waals surface area contributed by atoms with Gasteiger partial charge in [0, 0.05) is 10.9 Å². The summed E-state index contributed by atoms with van der Waals surface area (Å²) in [5.74, 6) is 1.37. The second-order valence-electron chi connectivity index (χ2n) is 7.38. The van der Waals surface area contributed by atoms with E-state index in [0.29, 0.717) is 28.7 Å². The van der Waals surface area contributed by atoms with Crippen LogP contribution in [0.25, 0.3) is 33.7 Å². The van der Waals surface area contributed by atoms with Gasteiger partial charge in [-0.3, -0.25) is 0 Å². The number of hydrogen-bond acceptors (Lipinski definition) is 5. The largest absolute Gasteiger partial charge is 0.493 e. The van der Waals surface area contributed by atoms with Crippen LogP contribution in [-0.2, 0) is 0 Å². The lowest BCUT2D eigenvalue weighted by atomic mass is 10.1. The van der Waals surface area contributed by atoms with Crippen LogP contribution in [0, 0.1) is 11.3 Å². The molecule has 0 aliphatic heterocycles. The van der Waals surface area contributed by atoms with Crippen LogP contribution >= 0.6 is 11.3 Å². The molecule has 4 nitrogen and oxygen atoms in total. The van der Waals surface area contributed by atoms with Gasteiger partial charge in [-0.05, 0) is 47.0 Å². The highest BCUT2D eigenvalue weighted by molar-refractivity contribution is 7.11. The summed E-state index contributed by atoms with van der Waals surface area (Å²) in [7, 11) is 1.62. The van der Waals surface area contributed by atoms with Crippen molar-refractivity contribution in [3.05, 3.63) is 76.6 Å². The second kappa shape index (κ2) is 10.1. The molecular formula is C27H24N2O2S. The van der Waals surface area contributed by atoms with Crippen LogP contribution in [0.1, 0.15) is 30.3 Å². The van der Waals surface area contributed by atoms with E-state index in [1.54, 1.807) is 7.11 Å². The van der Waals surface area contributed by atoms with Crippen molar-refractivity contribution in [3.63, 3.8) is 0 Å². The summed E-state index contributed by atoms with van der Waals surface area (Å²) < 4.78 is 11.3. The molecule has 0 aliphatic carbocycles. The summed E-state index contributed by atoms with van der Waals surface area (Å²) in [4.78, 5) is 4.74. The van der Waals surface area contributed by atoms with Crippen LogP contribution < -0.4 is 9.47 Å². The lowest BCUT2D eigenvalue weighted by Gasteiger charge is -2.11. The average Bonchev–Trinajstić information content (AvgIpc) is 3.33. The number of ether oxygens (including phenoxy) is 2. The van der Waals surface area contributed by atoms with Gasteiger partial charge in [-0.25, -0.2) is 4.98 Å². The number of methoxy groups -OCH3 is 1. The molecule has 0 fully saturated rings. The van der Waals surface area contributed by atoms with Gasteiger partial charge >= 0.3 is 0 Å². The molecule has 0 N–H and O–H groups in total. The molecule has 0 atom stereocenters. The average molecular weight is 441 g/mol. The molecule has 0 saturated carbocycles. The number of allylic oxidation sites excluding steroid dienone is 1. The molecule has 0 bridgehead atoms. The first kappa shape index (κ1) is 21.6. The van der Waals surface area contributed by atoms with E-state index in [4.69, 9.17) is 14.5 Å². The lowest BCUT2D eigenvalue weighted by Crippen LogP contribution is -1.99. The normalized spacial score (nSPS) is 11.3. The van der Waals surface area contributed by atoms with Gasteiger partial charge in [0.05, 0.1) is 25.0 Å². The van der Waals surface area contributed by atoms with Gasteiger partial charge in [0.1, 0.15) is 11.1 Å². The number of hydrogen-bond donors (Lipinski definition) is 0. The van der Waals surface area contributed by atoms with Crippen LogP contribution in [0.5, 0.6) is 11.5 Å². The number of benzene rings is 3. The molecule has 0 spiro atoms. The summed E-state index contributed by atoms with van der Waals surface area (Å²) in [5, 5.41) is 14.8. The van der Waals surface area contributed by atoms with Crippen molar-refractivity contribution in [1.29, 1.82) is 5.26 Å². The molecule has 0 aliphatic rings. The van der Waals surface area contributed by atoms with Gasteiger partial charge in [-0.15, -0.1) is 11.3 Å². The Morgan fingerprint density at radius 2 is 1.91 bits per heavy atom. The number of nitrogens with zero attached hydrogens (tertiary/aromatic N) is 2. The van der Waals surface area contributed by atoms with Crippen molar-refractivity contribution < 1.29 is 9.47 Å². The van der Waals surface area contributed by atoms with Crippen molar-refractivity contribution in [2.75, 3.05) is 13.7 Å². The van der Waals surface area contributed by atoms with E-state index in [1.165, 1.54) is 22.1 Å². The van der Waals surface area contributed by atoms with Gasteiger partial charge in [0.25, 0.3) is 0 Å². The van der Waals surface area contributed by atoms with Gasteiger partial charge < -0.3 is 9.47 Å². The SMILES string of the molecule is CCCCOc1ccc(/C=C(\C#N)c2nc(-c3ccc4ccccc4c3)cs2)cc1OC. The fraction of sp³-hybridized carbons (Fsp3) is 0.185. The van der Waals surface area contributed by atoms with Crippen LogP contribution in [0.3, 0.4) is 0 Å². The fourth-order valence-corrected chi connectivity index (χ4v) is 4.20. The second-order valence-corrected chi connectivity index (χ2v) is 8.24. The minimum absolute atomic E-state index is 0.517. The minimum Gasteiger partial charge on any atom is -0.493 e. The molecule has 0 amide bonds. The van der Waals surface area contributed by atoms with E-state index in [9.17, 15) is 5.26 Å². The molecule has 1 heterocycles. The quantitative estimate of drug-likeness (QED) is 0.214. The van der Waals surface area contributed by atoms with Crippen molar-refractivity contribution in [2.45, 2.75) is 19.8 Å². The van der Waals surface area contributed by atoms with Crippen molar-refractivity contribution in [2.24, 2.45) is 0 Å². The predicted molar refractivity (Wildman–Crippen MR) is 132 cm³/mol.